The molecule has 0 aliphatic rings. The number of benzene rings is 2. The predicted molar refractivity (Wildman–Crippen MR) is 102 cm³/mol. The van der Waals surface area contributed by atoms with E-state index in [2.05, 4.69) is 5.32 Å². The lowest BCUT2D eigenvalue weighted by Crippen LogP contribution is -2.35. The largest absolute Gasteiger partial charge is 0.493 e. The standard InChI is InChI=1S/C21H25NO5/c1-5-26-18-11-10-17(12-19(18)25-4)21(24)27-15(3)20(23)22-13-16-8-6-14(2)7-9-16/h6-12,15H,5,13H2,1-4H3,(H,22,23)/t15-/m1/s1. The van der Waals surface area contributed by atoms with Crippen molar-refractivity contribution < 1.29 is 23.8 Å². The summed E-state index contributed by atoms with van der Waals surface area (Å²) in [6.07, 6.45) is -0.916. The summed E-state index contributed by atoms with van der Waals surface area (Å²) in [6.45, 7) is 6.25. The van der Waals surface area contributed by atoms with Crippen molar-refractivity contribution in [3.8, 4) is 11.5 Å². The summed E-state index contributed by atoms with van der Waals surface area (Å²) in [4.78, 5) is 24.5. The number of hydrogen-bond acceptors (Lipinski definition) is 5. The van der Waals surface area contributed by atoms with E-state index in [1.807, 2.05) is 38.1 Å². The molecule has 0 radical (unpaired) electrons. The van der Waals surface area contributed by atoms with Crippen LogP contribution in [0.1, 0.15) is 35.3 Å². The van der Waals surface area contributed by atoms with Gasteiger partial charge in [0.15, 0.2) is 17.6 Å². The second-order valence-electron chi connectivity index (χ2n) is 6.05. The summed E-state index contributed by atoms with van der Waals surface area (Å²) in [5.41, 5.74) is 2.41. The van der Waals surface area contributed by atoms with Gasteiger partial charge in [-0.05, 0) is 44.5 Å². The van der Waals surface area contributed by atoms with Crippen LogP contribution in [-0.2, 0) is 16.1 Å². The monoisotopic (exact) mass is 371 g/mol. The maximum atomic E-state index is 12.3. The van der Waals surface area contributed by atoms with Gasteiger partial charge in [0.25, 0.3) is 5.91 Å². The fourth-order valence-electron chi connectivity index (χ4n) is 2.39. The lowest BCUT2D eigenvalue weighted by atomic mass is 10.1. The number of nitrogens with one attached hydrogen (secondary N) is 1. The molecule has 0 heterocycles. The van der Waals surface area contributed by atoms with Gasteiger partial charge in [-0.3, -0.25) is 4.79 Å². The minimum atomic E-state index is -0.916. The predicted octanol–water partition coefficient (Wildman–Crippen LogP) is 3.26. The summed E-state index contributed by atoms with van der Waals surface area (Å²) < 4.78 is 15.9. The molecule has 6 heteroatoms. The number of esters is 1. The maximum absolute atomic E-state index is 12.3. The van der Waals surface area contributed by atoms with E-state index in [-0.39, 0.29) is 11.5 Å². The fourth-order valence-corrected chi connectivity index (χ4v) is 2.39. The second kappa shape index (κ2) is 9.62. The highest BCUT2D eigenvalue weighted by atomic mass is 16.5. The van der Waals surface area contributed by atoms with Crippen LogP contribution in [0.5, 0.6) is 11.5 Å². The Labute approximate surface area is 159 Å². The Morgan fingerprint density at radius 1 is 1.07 bits per heavy atom. The van der Waals surface area contributed by atoms with E-state index in [4.69, 9.17) is 14.2 Å². The number of rotatable bonds is 8. The Kier molecular flexibility index (Phi) is 7.23. The van der Waals surface area contributed by atoms with Gasteiger partial charge in [-0.2, -0.15) is 0 Å². The van der Waals surface area contributed by atoms with E-state index in [0.717, 1.165) is 11.1 Å². The van der Waals surface area contributed by atoms with Crippen molar-refractivity contribution in [1.82, 2.24) is 5.32 Å². The van der Waals surface area contributed by atoms with Gasteiger partial charge in [0, 0.05) is 6.54 Å². The summed E-state index contributed by atoms with van der Waals surface area (Å²) in [5, 5.41) is 2.76. The number of ether oxygens (including phenoxy) is 3. The first-order chi connectivity index (χ1) is 12.9. The van der Waals surface area contributed by atoms with Crippen molar-refractivity contribution in [1.29, 1.82) is 0 Å². The van der Waals surface area contributed by atoms with Crippen molar-refractivity contribution in [3.05, 3.63) is 59.2 Å². The number of carbonyl (C=O) groups is 2. The van der Waals surface area contributed by atoms with Crippen LogP contribution in [0, 0.1) is 6.92 Å². The van der Waals surface area contributed by atoms with Crippen molar-refractivity contribution >= 4 is 11.9 Å². The van der Waals surface area contributed by atoms with Gasteiger partial charge in [-0.1, -0.05) is 29.8 Å². The van der Waals surface area contributed by atoms with Gasteiger partial charge in [-0.25, -0.2) is 4.79 Å². The number of carbonyl (C=O) groups excluding carboxylic acids is 2. The zero-order valence-electron chi connectivity index (χ0n) is 16.1. The molecule has 144 valence electrons. The van der Waals surface area contributed by atoms with Crippen LogP contribution in [0.15, 0.2) is 42.5 Å². The smallest absolute Gasteiger partial charge is 0.339 e. The zero-order valence-corrected chi connectivity index (χ0v) is 16.1. The molecule has 1 atom stereocenters. The topological polar surface area (TPSA) is 73.9 Å². The van der Waals surface area contributed by atoms with Crippen molar-refractivity contribution in [3.63, 3.8) is 0 Å². The van der Waals surface area contributed by atoms with Crippen LogP contribution in [0.25, 0.3) is 0 Å². The Hall–Kier alpha value is -3.02. The number of hydrogen-bond donors (Lipinski definition) is 1. The highest BCUT2D eigenvalue weighted by molar-refractivity contribution is 5.92. The molecule has 2 aromatic carbocycles. The Bertz CT molecular complexity index is 786. The first-order valence-corrected chi connectivity index (χ1v) is 8.79. The van der Waals surface area contributed by atoms with Crippen molar-refractivity contribution in [2.75, 3.05) is 13.7 Å². The van der Waals surface area contributed by atoms with Crippen LogP contribution < -0.4 is 14.8 Å². The molecule has 2 aromatic rings. The molecule has 0 aliphatic carbocycles. The third-order valence-electron chi connectivity index (χ3n) is 3.94. The summed E-state index contributed by atoms with van der Waals surface area (Å²) in [6, 6.07) is 12.6. The average molecular weight is 371 g/mol. The average Bonchev–Trinajstić information content (AvgIpc) is 2.67. The van der Waals surface area contributed by atoms with Crippen molar-refractivity contribution in [2.45, 2.75) is 33.4 Å². The first kappa shape index (κ1) is 20.3. The Morgan fingerprint density at radius 2 is 1.78 bits per heavy atom. The molecule has 2 rings (SSSR count). The van der Waals surface area contributed by atoms with Gasteiger partial charge < -0.3 is 19.5 Å². The van der Waals surface area contributed by atoms with Crippen LogP contribution in [-0.4, -0.2) is 31.7 Å². The molecule has 0 bridgehead atoms. The fraction of sp³-hybridized carbons (Fsp3) is 0.333. The molecule has 1 N–H and O–H groups in total. The molecule has 27 heavy (non-hydrogen) atoms. The van der Waals surface area contributed by atoms with E-state index in [1.165, 1.54) is 20.1 Å². The normalized spacial score (nSPS) is 11.4. The zero-order chi connectivity index (χ0) is 19.8. The quantitative estimate of drug-likeness (QED) is 0.721. The second-order valence-corrected chi connectivity index (χ2v) is 6.05. The highest BCUT2D eigenvalue weighted by Crippen LogP contribution is 2.28. The molecule has 0 saturated carbocycles. The van der Waals surface area contributed by atoms with Crippen molar-refractivity contribution in [2.24, 2.45) is 0 Å². The van der Waals surface area contributed by atoms with E-state index < -0.39 is 12.1 Å². The lowest BCUT2D eigenvalue weighted by molar-refractivity contribution is -0.129. The minimum absolute atomic E-state index is 0.286. The number of aryl methyl sites for hydroxylation is 1. The number of amides is 1. The Balaban J connectivity index is 1.93. The van der Waals surface area contributed by atoms with E-state index in [9.17, 15) is 9.59 Å². The summed E-state index contributed by atoms with van der Waals surface area (Å²) in [7, 11) is 1.49. The molecular formula is C21H25NO5. The van der Waals surface area contributed by atoms with Gasteiger partial charge >= 0.3 is 5.97 Å². The maximum Gasteiger partial charge on any atom is 0.339 e. The molecule has 0 spiro atoms. The van der Waals surface area contributed by atoms with Crippen LogP contribution >= 0.6 is 0 Å². The minimum Gasteiger partial charge on any atom is -0.493 e. The number of methoxy groups -OCH3 is 1. The van der Waals surface area contributed by atoms with Gasteiger partial charge in [0.1, 0.15) is 0 Å². The third kappa shape index (κ3) is 5.74. The van der Waals surface area contributed by atoms with E-state index >= 15 is 0 Å². The highest BCUT2D eigenvalue weighted by Gasteiger charge is 2.20. The van der Waals surface area contributed by atoms with Crippen LogP contribution in [0.3, 0.4) is 0 Å². The van der Waals surface area contributed by atoms with Gasteiger partial charge in [0.2, 0.25) is 0 Å². The Morgan fingerprint density at radius 3 is 2.41 bits per heavy atom. The van der Waals surface area contributed by atoms with E-state index in [0.29, 0.717) is 24.7 Å². The van der Waals surface area contributed by atoms with Gasteiger partial charge in [0.05, 0.1) is 19.3 Å². The SMILES string of the molecule is CCOc1ccc(C(=O)O[C@H](C)C(=O)NCc2ccc(C)cc2)cc1OC. The molecule has 0 fully saturated rings. The first-order valence-electron chi connectivity index (χ1n) is 8.79. The molecule has 0 saturated heterocycles. The molecule has 0 aromatic heterocycles. The van der Waals surface area contributed by atoms with Crippen LogP contribution in [0.4, 0.5) is 0 Å². The lowest BCUT2D eigenvalue weighted by Gasteiger charge is -2.15. The van der Waals surface area contributed by atoms with E-state index in [1.54, 1.807) is 12.1 Å². The molecule has 1 amide bonds. The van der Waals surface area contributed by atoms with Gasteiger partial charge in [-0.15, -0.1) is 0 Å². The molecule has 0 unspecified atom stereocenters. The molecule has 6 nitrogen and oxygen atoms in total. The summed E-state index contributed by atoms with van der Waals surface area (Å²) >= 11 is 0. The van der Waals surface area contributed by atoms with Crippen LogP contribution in [0.2, 0.25) is 0 Å². The summed E-state index contributed by atoms with van der Waals surface area (Å²) in [5.74, 6) is 0.0133. The molecule has 0 aliphatic heterocycles. The molecular weight excluding hydrogens is 346 g/mol. The third-order valence-corrected chi connectivity index (χ3v) is 3.94.